The minimum atomic E-state index is -0.167. The molecule has 2 unspecified atom stereocenters. The highest BCUT2D eigenvalue weighted by Gasteiger charge is 2.29. The molecule has 2 N–H and O–H groups in total. The summed E-state index contributed by atoms with van der Waals surface area (Å²) in [5, 5.41) is 6.08. The highest BCUT2D eigenvalue weighted by atomic mass is 16.5. The predicted octanol–water partition coefficient (Wildman–Crippen LogP) is 0.688. The van der Waals surface area contributed by atoms with Gasteiger partial charge in [-0.25, -0.2) is 0 Å². The first-order valence-electron chi connectivity index (χ1n) is 6.40. The van der Waals surface area contributed by atoms with E-state index in [-0.39, 0.29) is 18.1 Å². The van der Waals surface area contributed by atoms with Crippen LogP contribution in [-0.4, -0.2) is 38.8 Å². The van der Waals surface area contributed by atoms with E-state index in [1.54, 1.807) is 14.2 Å². The zero-order valence-electron chi connectivity index (χ0n) is 11.3. The molecule has 0 spiro atoms. The standard InChI is InChI=1S/C14H20N2O3/c1-18-11-7-12(15-9-11)14(17)16-8-10-5-3-4-6-13(10)19-2/h3-6,11-12,15H,7-9H2,1-2H3,(H,16,17). The van der Waals surface area contributed by atoms with Crippen LogP contribution in [0.25, 0.3) is 0 Å². The first kappa shape index (κ1) is 13.8. The maximum Gasteiger partial charge on any atom is 0.237 e. The molecule has 0 bridgehead atoms. The summed E-state index contributed by atoms with van der Waals surface area (Å²) in [7, 11) is 3.30. The van der Waals surface area contributed by atoms with Crippen LogP contribution in [0.2, 0.25) is 0 Å². The van der Waals surface area contributed by atoms with Crippen molar-refractivity contribution >= 4 is 5.91 Å². The molecule has 0 aliphatic carbocycles. The van der Waals surface area contributed by atoms with Crippen molar-refractivity contribution in [3.05, 3.63) is 29.8 Å². The third kappa shape index (κ3) is 3.45. The van der Waals surface area contributed by atoms with Crippen LogP contribution < -0.4 is 15.4 Å². The summed E-state index contributed by atoms with van der Waals surface area (Å²) in [6, 6.07) is 7.50. The van der Waals surface area contributed by atoms with Crippen molar-refractivity contribution in [2.24, 2.45) is 0 Å². The van der Waals surface area contributed by atoms with Gasteiger partial charge in [0.1, 0.15) is 5.75 Å². The topological polar surface area (TPSA) is 59.6 Å². The first-order chi connectivity index (χ1) is 9.24. The number of para-hydroxylation sites is 1. The number of nitrogens with one attached hydrogen (secondary N) is 2. The van der Waals surface area contributed by atoms with Crippen LogP contribution in [-0.2, 0) is 16.1 Å². The summed E-state index contributed by atoms with van der Waals surface area (Å²) in [5.74, 6) is 0.794. The molecule has 104 valence electrons. The second-order valence-electron chi connectivity index (χ2n) is 4.58. The van der Waals surface area contributed by atoms with E-state index in [1.165, 1.54) is 0 Å². The van der Waals surface area contributed by atoms with Crippen molar-refractivity contribution in [3.8, 4) is 5.75 Å². The number of carbonyl (C=O) groups is 1. The fourth-order valence-electron chi connectivity index (χ4n) is 2.24. The molecule has 2 atom stereocenters. The first-order valence-corrected chi connectivity index (χ1v) is 6.40. The largest absolute Gasteiger partial charge is 0.496 e. The Morgan fingerprint density at radius 2 is 2.21 bits per heavy atom. The van der Waals surface area contributed by atoms with Gasteiger partial charge in [-0.3, -0.25) is 4.79 Å². The highest BCUT2D eigenvalue weighted by Crippen LogP contribution is 2.17. The van der Waals surface area contributed by atoms with Crippen LogP contribution >= 0.6 is 0 Å². The quantitative estimate of drug-likeness (QED) is 0.821. The molecule has 5 nitrogen and oxygen atoms in total. The normalized spacial score (nSPS) is 22.2. The molecule has 0 aromatic heterocycles. The third-order valence-electron chi connectivity index (χ3n) is 3.39. The van der Waals surface area contributed by atoms with E-state index < -0.39 is 0 Å². The number of ether oxygens (including phenoxy) is 2. The van der Waals surface area contributed by atoms with Crippen LogP contribution in [0.4, 0.5) is 0 Å². The van der Waals surface area contributed by atoms with Crippen LogP contribution in [0.5, 0.6) is 5.75 Å². The van der Waals surface area contributed by atoms with Gasteiger partial charge in [0.15, 0.2) is 0 Å². The Hall–Kier alpha value is -1.59. The molecular weight excluding hydrogens is 244 g/mol. The van der Waals surface area contributed by atoms with E-state index >= 15 is 0 Å². The van der Waals surface area contributed by atoms with Gasteiger partial charge in [0, 0.05) is 25.8 Å². The summed E-state index contributed by atoms with van der Waals surface area (Å²) in [5.41, 5.74) is 0.972. The SMILES string of the molecule is COc1ccccc1CNC(=O)C1CC(OC)CN1. The van der Waals surface area contributed by atoms with Gasteiger partial charge in [-0.2, -0.15) is 0 Å². The zero-order chi connectivity index (χ0) is 13.7. The van der Waals surface area contributed by atoms with E-state index in [0.717, 1.165) is 17.9 Å². The molecular formula is C14H20N2O3. The van der Waals surface area contributed by atoms with Crippen molar-refractivity contribution in [3.63, 3.8) is 0 Å². The highest BCUT2D eigenvalue weighted by molar-refractivity contribution is 5.82. The minimum Gasteiger partial charge on any atom is -0.496 e. The molecule has 1 heterocycles. The number of amides is 1. The van der Waals surface area contributed by atoms with Crippen molar-refractivity contribution in [2.75, 3.05) is 20.8 Å². The lowest BCUT2D eigenvalue weighted by Crippen LogP contribution is -2.40. The molecule has 19 heavy (non-hydrogen) atoms. The lowest BCUT2D eigenvalue weighted by atomic mass is 10.1. The van der Waals surface area contributed by atoms with Crippen molar-refractivity contribution < 1.29 is 14.3 Å². The maximum absolute atomic E-state index is 12.0. The molecule has 0 saturated carbocycles. The summed E-state index contributed by atoms with van der Waals surface area (Å²) in [6.45, 7) is 1.20. The van der Waals surface area contributed by atoms with Crippen LogP contribution in [0.15, 0.2) is 24.3 Å². The molecule has 1 fully saturated rings. The van der Waals surface area contributed by atoms with Crippen LogP contribution in [0.1, 0.15) is 12.0 Å². The number of methoxy groups -OCH3 is 2. The van der Waals surface area contributed by atoms with Crippen molar-refractivity contribution in [1.29, 1.82) is 0 Å². The van der Waals surface area contributed by atoms with E-state index in [9.17, 15) is 4.79 Å². The van der Waals surface area contributed by atoms with Crippen molar-refractivity contribution in [2.45, 2.75) is 25.1 Å². The molecule has 1 aromatic rings. The minimum absolute atomic E-state index is 0.00505. The Labute approximate surface area is 113 Å². The van der Waals surface area contributed by atoms with Gasteiger partial charge in [-0.15, -0.1) is 0 Å². The zero-order valence-corrected chi connectivity index (χ0v) is 11.3. The van der Waals surface area contributed by atoms with Crippen LogP contribution in [0, 0.1) is 0 Å². The Morgan fingerprint density at radius 1 is 1.42 bits per heavy atom. The lowest BCUT2D eigenvalue weighted by Gasteiger charge is -2.13. The number of benzene rings is 1. The molecule has 0 radical (unpaired) electrons. The van der Waals surface area contributed by atoms with Gasteiger partial charge in [0.05, 0.1) is 19.3 Å². The fourth-order valence-corrected chi connectivity index (χ4v) is 2.24. The predicted molar refractivity (Wildman–Crippen MR) is 72.0 cm³/mol. The second kappa shape index (κ2) is 6.54. The number of hydrogen-bond donors (Lipinski definition) is 2. The summed E-state index contributed by atoms with van der Waals surface area (Å²) >= 11 is 0. The van der Waals surface area contributed by atoms with E-state index in [0.29, 0.717) is 13.0 Å². The fraction of sp³-hybridized carbons (Fsp3) is 0.500. The van der Waals surface area contributed by atoms with Gasteiger partial charge in [0.2, 0.25) is 5.91 Å². The lowest BCUT2D eigenvalue weighted by molar-refractivity contribution is -0.123. The van der Waals surface area contributed by atoms with Gasteiger partial charge >= 0.3 is 0 Å². The van der Waals surface area contributed by atoms with E-state index in [4.69, 9.17) is 9.47 Å². The Bertz CT molecular complexity index is 436. The smallest absolute Gasteiger partial charge is 0.237 e. The Kier molecular flexibility index (Phi) is 4.76. The van der Waals surface area contributed by atoms with Gasteiger partial charge in [-0.1, -0.05) is 18.2 Å². The average Bonchev–Trinajstić information content (AvgIpc) is 2.94. The molecule has 1 aliphatic rings. The van der Waals surface area contributed by atoms with E-state index in [2.05, 4.69) is 10.6 Å². The number of rotatable bonds is 5. The average molecular weight is 264 g/mol. The van der Waals surface area contributed by atoms with Crippen molar-refractivity contribution in [1.82, 2.24) is 10.6 Å². The van der Waals surface area contributed by atoms with Gasteiger partial charge in [0.25, 0.3) is 0 Å². The monoisotopic (exact) mass is 264 g/mol. The molecule has 1 aromatic carbocycles. The van der Waals surface area contributed by atoms with E-state index in [1.807, 2.05) is 24.3 Å². The van der Waals surface area contributed by atoms with Crippen LogP contribution in [0.3, 0.4) is 0 Å². The summed E-state index contributed by atoms with van der Waals surface area (Å²) < 4.78 is 10.5. The second-order valence-corrected chi connectivity index (χ2v) is 4.58. The molecule has 1 saturated heterocycles. The molecule has 1 aliphatic heterocycles. The van der Waals surface area contributed by atoms with Gasteiger partial charge in [-0.05, 0) is 12.5 Å². The molecule has 5 heteroatoms. The third-order valence-corrected chi connectivity index (χ3v) is 3.39. The maximum atomic E-state index is 12.0. The number of hydrogen-bond acceptors (Lipinski definition) is 4. The number of carbonyl (C=O) groups excluding carboxylic acids is 1. The molecule has 1 amide bonds. The molecule has 2 rings (SSSR count). The summed E-state index contributed by atoms with van der Waals surface area (Å²) in [4.78, 5) is 12.0. The summed E-state index contributed by atoms with van der Waals surface area (Å²) in [6.07, 6.45) is 0.843. The Morgan fingerprint density at radius 3 is 2.89 bits per heavy atom. The Balaban J connectivity index is 1.87. The van der Waals surface area contributed by atoms with Gasteiger partial charge < -0.3 is 20.1 Å².